The molecule has 1 aromatic carbocycles. The molecule has 2 rings (SSSR count). The summed E-state index contributed by atoms with van der Waals surface area (Å²) in [5.41, 5.74) is 1.86. The average Bonchev–Trinajstić information content (AvgIpc) is 2.27. The molecule has 0 saturated heterocycles. The molecule has 0 heterocycles. The van der Waals surface area contributed by atoms with Crippen molar-refractivity contribution < 1.29 is 4.92 Å². The molecule has 0 unspecified atom stereocenters. The summed E-state index contributed by atoms with van der Waals surface area (Å²) in [5, 5.41) is 14.1. The zero-order valence-corrected chi connectivity index (χ0v) is 11.5. The summed E-state index contributed by atoms with van der Waals surface area (Å²) < 4.78 is 0.371. The molecule has 98 valence electrons. The van der Waals surface area contributed by atoms with Crippen LogP contribution in [0.25, 0.3) is 0 Å². The van der Waals surface area contributed by atoms with Crippen LogP contribution >= 0.6 is 11.8 Å². The Labute approximate surface area is 111 Å². The van der Waals surface area contributed by atoms with Crippen LogP contribution in [0.15, 0.2) is 18.2 Å². The maximum atomic E-state index is 10.7. The van der Waals surface area contributed by atoms with Crippen LogP contribution < -0.4 is 5.32 Å². The third-order valence-electron chi connectivity index (χ3n) is 3.71. The fourth-order valence-corrected chi connectivity index (χ4v) is 3.17. The molecule has 0 amide bonds. The maximum Gasteiger partial charge on any atom is 0.272 e. The lowest BCUT2D eigenvalue weighted by molar-refractivity contribution is -0.385. The van der Waals surface area contributed by atoms with Gasteiger partial charge in [-0.05, 0) is 38.2 Å². The molecule has 1 N–H and O–H groups in total. The van der Waals surface area contributed by atoms with Crippen LogP contribution in [0.3, 0.4) is 0 Å². The highest BCUT2D eigenvalue weighted by Crippen LogP contribution is 2.42. The lowest BCUT2D eigenvalue weighted by Crippen LogP contribution is -2.40. The van der Waals surface area contributed by atoms with Crippen LogP contribution in [0.5, 0.6) is 0 Å². The first kappa shape index (κ1) is 13.2. The Morgan fingerprint density at radius 3 is 2.67 bits per heavy atom. The predicted octanol–water partition coefficient (Wildman–Crippen LogP) is 3.60. The number of nitrogens with zero attached hydrogens (tertiary/aromatic N) is 1. The second-order valence-electron chi connectivity index (χ2n) is 4.85. The van der Waals surface area contributed by atoms with Gasteiger partial charge in [0.1, 0.15) is 0 Å². The molecule has 5 heteroatoms. The van der Waals surface area contributed by atoms with Crippen molar-refractivity contribution in [3.63, 3.8) is 0 Å². The van der Waals surface area contributed by atoms with E-state index in [0.29, 0.717) is 10.3 Å². The number of nitro groups is 1. The Kier molecular flexibility index (Phi) is 3.80. The van der Waals surface area contributed by atoms with Gasteiger partial charge < -0.3 is 5.32 Å². The molecule has 0 atom stereocenters. The molecule has 18 heavy (non-hydrogen) atoms. The standard InChI is InChI=1S/C13H18N2O2S/c1-10-8-11(4-5-12(10)15(16)17)14-9-13(18-2)6-3-7-13/h4-5,8,14H,3,6-7,9H2,1-2H3. The van der Waals surface area contributed by atoms with Gasteiger partial charge in [-0.2, -0.15) is 11.8 Å². The second kappa shape index (κ2) is 5.18. The van der Waals surface area contributed by atoms with Gasteiger partial charge in [0.25, 0.3) is 5.69 Å². The number of hydrogen-bond acceptors (Lipinski definition) is 4. The molecule has 0 radical (unpaired) electrons. The Morgan fingerprint density at radius 1 is 1.50 bits per heavy atom. The van der Waals surface area contributed by atoms with Crippen molar-refractivity contribution >= 4 is 23.1 Å². The van der Waals surface area contributed by atoms with E-state index in [1.807, 2.05) is 17.8 Å². The van der Waals surface area contributed by atoms with Crippen molar-refractivity contribution in [2.24, 2.45) is 0 Å². The van der Waals surface area contributed by atoms with E-state index in [9.17, 15) is 10.1 Å². The molecule has 0 aromatic heterocycles. The molecule has 1 fully saturated rings. The molecule has 1 saturated carbocycles. The van der Waals surface area contributed by atoms with Crippen molar-refractivity contribution in [1.29, 1.82) is 0 Å². The van der Waals surface area contributed by atoms with Crippen LogP contribution in [0.2, 0.25) is 0 Å². The van der Waals surface area contributed by atoms with E-state index >= 15 is 0 Å². The molecule has 0 spiro atoms. The Morgan fingerprint density at radius 2 is 2.22 bits per heavy atom. The van der Waals surface area contributed by atoms with Crippen LogP contribution in [-0.2, 0) is 0 Å². The number of nitrogens with one attached hydrogen (secondary N) is 1. The summed E-state index contributed by atoms with van der Waals surface area (Å²) in [5.74, 6) is 0. The first-order chi connectivity index (χ1) is 8.56. The molecule has 4 nitrogen and oxygen atoms in total. The lowest BCUT2D eigenvalue weighted by atomic mass is 9.84. The summed E-state index contributed by atoms with van der Waals surface area (Å²) in [6, 6.07) is 5.22. The van der Waals surface area contributed by atoms with Crippen LogP contribution in [0, 0.1) is 17.0 Å². The largest absolute Gasteiger partial charge is 0.384 e. The molecule has 0 bridgehead atoms. The van der Waals surface area contributed by atoms with Gasteiger partial charge in [0.2, 0.25) is 0 Å². The van der Waals surface area contributed by atoms with Crippen molar-refractivity contribution in [2.45, 2.75) is 30.9 Å². The third kappa shape index (κ3) is 2.61. The number of rotatable bonds is 5. The first-order valence-corrected chi connectivity index (χ1v) is 7.33. The number of anilines is 1. The number of hydrogen-bond donors (Lipinski definition) is 1. The minimum absolute atomic E-state index is 0.184. The summed E-state index contributed by atoms with van der Waals surface area (Å²) >= 11 is 1.92. The van der Waals surface area contributed by atoms with E-state index in [4.69, 9.17) is 0 Å². The van der Waals surface area contributed by atoms with Gasteiger partial charge in [0.15, 0.2) is 0 Å². The predicted molar refractivity (Wildman–Crippen MR) is 76.4 cm³/mol. The monoisotopic (exact) mass is 266 g/mol. The molecular formula is C13H18N2O2S. The van der Waals surface area contributed by atoms with Crippen LogP contribution in [0.1, 0.15) is 24.8 Å². The second-order valence-corrected chi connectivity index (χ2v) is 6.13. The third-order valence-corrected chi connectivity index (χ3v) is 5.12. The number of nitro benzene ring substituents is 1. The number of aryl methyl sites for hydroxylation is 1. The van der Waals surface area contributed by atoms with E-state index in [1.165, 1.54) is 19.3 Å². The summed E-state index contributed by atoms with van der Waals surface area (Å²) in [4.78, 5) is 10.4. The van der Waals surface area contributed by atoms with Crippen molar-refractivity contribution in [3.8, 4) is 0 Å². The molecule has 1 aromatic rings. The minimum Gasteiger partial charge on any atom is -0.384 e. The van der Waals surface area contributed by atoms with Crippen LogP contribution in [0.4, 0.5) is 11.4 Å². The van der Waals surface area contributed by atoms with E-state index in [-0.39, 0.29) is 10.6 Å². The maximum absolute atomic E-state index is 10.7. The van der Waals surface area contributed by atoms with Gasteiger partial charge in [0.05, 0.1) is 4.92 Å². The smallest absolute Gasteiger partial charge is 0.272 e. The average molecular weight is 266 g/mol. The summed E-state index contributed by atoms with van der Waals surface area (Å²) in [7, 11) is 0. The normalized spacial score (nSPS) is 17.0. The zero-order valence-electron chi connectivity index (χ0n) is 10.7. The lowest BCUT2D eigenvalue weighted by Gasteiger charge is -2.40. The Balaban J connectivity index is 2.02. The molecular weight excluding hydrogens is 248 g/mol. The number of thioether (sulfide) groups is 1. The summed E-state index contributed by atoms with van der Waals surface area (Å²) in [6.07, 6.45) is 5.98. The fourth-order valence-electron chi connectivity index (χ4n) is 2.26. The zero-order chi connectivity index (χ0) is 13.2. The number of benzene rings is 1. The van der Waals surface area contributed by atoms with Crippen molar-refractivity contribution in [3.05, 3.63) is 33.9 Å². The summed E-state index contributed by atoms with van der Waals surface area (Å²) in [6.45, 7) is 2.71. The van der Waals surface area contributed by atoms with Gasteiger partial charge in [-0.1, -0.05) is 6.42 Å². The SMILES string of the molecule is CSC1(CNc2ccc([N+](=O)[O-])c(C)c2)CCC1. The van der Waals surface area contributed by atoms with Crippen molar-refractivity contribution in [2.75, 3.05) is 18.1 Å². The topological polar surface area (TPSA) is 55.2 Å². The van der Waals surface area contributed by atoms with Gasteiger partial charge in [-0.15, -0.1) is 0 Å². The highest BCUT2D eigenvalue weighted by molar-refractivity contribution is 8.00. The van der Waals surface area contributed by atoms with E-state index in [1.54, 1.807) is 19.1 Å². The molecule has 1 aliphatic carbocycles. The van der Waals surface area contributed by atoms with E-state index < -0.39 is 0 Å². The van der Waals surface area contributed by atoms with E-state index in [0.717, 1.165) is 12.2 Å². The van der Waals surface area contributed by atoms with Gasteiger partial charge in [0, 0.05) is 28.6 Å². The Bertz CT molecular complexity index is 453. The van der Waals surface area contributed by atoms with Gasteiger partial charge >= 0.3 is 0 Å². The van der Waals surface area contributed by atoms with Gasteiger partial charge in [-0.3, -0.25) is 10.1 Å². The fraction of sp³-hybridized carbons (Fsp3) is 0.538. The first-order valence-electron chi connectivity index (χ1n) is 6.10. The van der Waals surface area contributed by atoms with Crippen LogP contribution in [-0.4, -0.2) is 22.5 Å². The molecule has 1 aliphatic rings. The molecule has 0 aliphatic heterocycles. The Hall–Kier alpha value is -1.23. The van der Waals surface area contributed by atoms with Gasteiger partial charge in [-0.25, -0.2) is 0 Å². The quantitative estimate of drug-likeness (QED) is 0.653. The van der Waals surface area contributed by atoms with E-state index in [2.05, 4.69) is 11.6 Å². The van der Waals surface area contributed by atoms with Crippen molar-refractivity contribution in [1.82, 2.24) is 0 Å². The highest BCUT2D eigenvalue weighted by Gasteiger charge is 2.35. The minimum atomic E-state index is -0.339. The highest BCUT2D eigenvalue weighted by atomic mass is 32.2.